The van der Waals surface area contributed by atoms with Crippen LogP contribution in [0, 0.1) is 0 Å². The van der Waals surface area contributed by atoms with Gasteiger partial charge in [-0.15, -0.1) is 0 Å². The van der Waals surface area contributed by atoms with Crippen LogP contribution in [0.25, 0.3) is 0 Å². The molecule has 0 aliphatic heterocycles. The number of rotatable bonds is 9. The Balaban J connectivity index is 1.66. The van der Waals surface area contributed by atoms with Crippen LogP contribution in [0.1, 0.15) is 42.9 Å². The van der Waals surface area contributed by atoms with Gasteiger partial charge < -0.3 is 9.47 Å². The molecule has 0 aromatic heterocycles. The fourth-order valence-corrected chi connectivity index (χ4v) is 4.95. The molecule has 0 amide bonds. The van der Waals surface area contributed by atoms with Crippen LogP contribution in [0.3, 0.4) is 0 Å². The summed E-state index contributed by atoms with van der Waals surface area (Å²) < 4.78 is 39.5. The second-order valence-corrected chi connectivity index (χ2v) is 8.76. The third-order valence-electron chi connectivity index (χ3n) is 5.11. The van der Waals surface area contributed by atoms with E-state index in [4.69, 9.17) is 9.47 Å². The van der Waals surface area contributed by atoms with Gasteiger partial charge in [0.2, 0.25) is 10.0 Å². The minimum absolute atomic E-state index is 0.241. The zero-order valence-electron chi connectivity index (χ0n) is 16.7. The number of hydrogen-bond acceptors (Lipinski definition) is 4. The first-order chi connectivity index (χ1) is 13.5. The predicted molar refractivity (Wildman–Crippen MR) is 111 cm³/mol. The number of nitrogens with one attached hydrogen (secondary N) is 1. The second-order valence-electron chi connectivity index (χ2n) is 7.02. The zero-order valence-corrected chi connectivity index (χ0v) is 17.5. The summed E-state index contributed by atoms with van der Waals surface area (Å²) in [5.41, 5.74) is 3.42. The summed E-state index contributed by atoms with van der Waals surface area (Å²) in [7, 11) is -2.10. The summed E-state index contributed by atoms with van der Waals surface area (Å²) in [6, 6.07) is 11.6. The second kappa shape index (κ2) is 9.43. The minimum Gasteiger partial charge on any atom is -0.495 e. The fraction of sp³-hybridized carbons (Fsp3) is 0.455. The maximum Gasteiger partial charge on any atom is 0.244 e. The molecule has 0 unspecified atom stereocenters. The molecule has 0 saturated heterocycles. The molecule has 5 nitrogen and oxygen atoms in total. The largest absolute Gasteiger partial charge is 0.495 e. The molecule has 0 fully saturated rings. The van der Waals surface area contributed by atoms with Crippen molar-refractivity contribution in [3.63, 3.8) is 0 Å². The van der Waals surface area contributed by atoms with E-state index in [0.717, 1.165) is 49.0 Å². The van der Waals surface area contributed by atoms with Gasteiger partial charge in [-0.25, -0.2) is 13.1 Å². The molecule has 152 valence electrons. The minimum atomic E-state index is -3.62. The Morgan fingerprint density at radius 3 is 2.46 bits per heavy atom. The first-order valence-electron chi connectivity index (χ1n) is 9.95. The third-order valence-corrected chi connectivity index (χ3v) is 6.59. The van der Waals surface area contributed by atoms with Gasteiger partial charge in [0.1, 0.15) is 16.4 Å². The smallest absolute Gasteiger partial charge is 0.244 e. The van der Waals surface area contributed by atoms with Crippen molar-refractivity contribution in [2.24, 2.45) is 0 Å². The van der Waals surface area contributed by atoms with Crippen molar-refractivity contribution in [1.29, 1.82) is 0 Å². The number of fused-ring (bicyclic) bond motifs is 1. The molecular formula is C22H29NO4S. The lowest BCUT2D eigenvalue weighted by molar-refractivity contribution is 0.336. The lowest BCUT2D eigenvalue weighted by Crippen LogP contribution is -2.26. The number of ether oxygens (including phenoxy) is 2. The van der Waals surface area contributed by atoms with Crippen LogP contribution in [-0.2, 0) is 29.3 Å². The van der Waals surface area contributed by atoms with Crippen LogP contribution < -0.4 is 14.2 Å². The van der Waals surface area contributed by atoms with Crippen LogP contribution in [0.4, 0.5) is 0 Å². The summed E-state index contributed by atoms with van der Waals surface area (Å²) in [5.74, 6) is 1.29. The van der Waals surface area contributed by atoms with E-state index in [9.17, 15) is 8.42 Å². The van der Waals surface area contributed by atoms with Gasteiger partial charge in [0.15, 0.2) is 0 Å². The average molecular weight is 404 g/mol. The van der Waals surface area contributed by atoms with E-state index < -0.39 is 10.0 Å². The van der Waals surface area contributed by atoms with Crippen molar-refractivity contribution < 1.29 is 17.9 Å². The average Bonchev–Trinajstić information content (AvgIpc) is 2.71. The van der Waals surface area contributed by atoms with Crippen molar-refractivity contribution in [2.75, 3.05) is 20.3 Å². The lowest BCUT2D eigenvalue weighted by Gasteiger charge is -2.19. The zero-order chi connectivity index (χ0) is 20.0. The van der Waals surface area contributed by atoms with Crippen LogP contribution in [0.15, 0.2) is 41.3 Å². The van der Waals surface area contributed by atoms with E-state index in [0.29, 0.717) is 25.3 Å². The van der Waals surface area contributed by atoms with Crippen LogP contribution in [0.2, 0.25) is 0 Å². The Morgan fingerprint density at radius 1 is 1.04 bits per heavy atom. The third kappa shape index (κ3) is 4.86. The highest BCUT2D eigenvalue weighted by atomic mass is 32.2. The van der Waals surface area contributed by atoms with E-state index in [1.165, 1.54) is 12.7 Å². The Hall–Kier alpha value is -2.05. The Labute approximate surface area is 168 Å². The van der Waals surface area contributed by atoms with Gasteiger partial charge in [-0.05, 0) is 80.3 Å². The lowest BCUT2D eigenvalue weighted by atomic mass is 9.92. The van der Waals surface area contributed by atoms with E-state index in [-0.39, 0.29) is 4.90 Å². The maximum absolute atomic E-state index is 12.9. The summed E-state index contributed by atoms with van der Waals surface area (Å²) in [6.07, 6.45) is 5.60. The van der Waals surface area contributed by atoms with Gasteiger partial charge in [-0.3, -0.25) is 0 Å². The highest BCUT2D eigenvalue weighted by Gasteiger charge is 2.22. The molecule has 2 aromatic carbocycles. The molecule has 2 aromatic rings. The molecular weight excluding hydrogens is 374 g/mol. The summed E-state index contributed by atoms with van der Waals surface area (Å²) in [4.78, 5) is 0.241. The normalized spacial score (nSPS) is 13.8. The number of para-hydroxylation sites is 1. The maximum atomic E-state index is 12.9. The van der Waals surface area contributed by atoms with Gasteiger partial charge in [0, 0.05) is 6.54 Å². The van der Waals surface area contributed by atoms with Crippen molar-refractivity contribution in [2.45, 2.75) is 50.3 Å². The standard InChI is InChI=1S/C22H29NO4S/c1-3-27-20-13-7-6-9-17(20)12-8-14-23-28(24,25)22-16-19-11-5-4-10-18(19)15-21(22)26-2/h6-7,9,13,15-16,23H,3-5,8,10-12,14H2,1-2H3. The highest BCUT2D eigenvalue weighted by Crippen LogP contribution is 2.31. The molecule has 6 heteroatoms. The van der Waals surface area contributed by atoms with Crippen molar-refractivity contribution in [3.05, 3.63) is 53.1 Å². The van der Waals surface area contributed by atoms with Gasteiger partial charge >= 0.3 is 0 Å². The van der Waals surface area contributed by atoms with E-state index in [1.807, 2.05) is 37.3 Å². The molecule has 28 heavy (non-hydrogen) atoms. The molecule has 0 spiro atoms. The molecule has 1 aliphatic rings. The first-order valence-corrected chi connectivity index (χ1v) is 11.4. The highest BCUT2D eigenvalue weighted by molar-refractivity contribution is 7.89. The molecule has 0 saturated carbocycles. The fourth-order valence-electron chi connectivity index (χ4n) is 3.68. The van der Waals surface area contributed by atoms with Crippen LogP contribution in [-0.4, -0.2) is 28.7 Å². The van der Waals surface area contributed by atoms with Crippen LogP contribution in [0.5, 0.6) is 11.5 Å². The summed E-state index contributed by atoms with van der Waals surface area (Å²) in [5, 5.41) is 0. The quantitative estimate of drug-likeness (QED) is 0.645. The van der Waals surface area contributed by atoms with Crippen molar-refractivity contribution in [1.82, 2.24) is 4.72 Å². The SMILES string of the molecule is CCOc1ccccc1CCCNS(=O)(=O)c1cc2c(cc1OC)CCCC2. The van der Waals surface area contributed by atoms with Crippen LogP contribution >= 0.6 is 0 Å². The van der Waals surface area contributed by atoms with E-state index in [2.05, 4.69) is 4.72 Å². The monoisotopic (exact) mass is 403 g/mol. The number of hydrogen-bond donors (Lipinski definition) is 1. The molecule has 1 N–H and O–H groups in total. The molecule has 3 rings (SSSR count). The topological polar surface area (TPSA) is 64.6 Å². The summed E-state index contributed by atoms with van der Waals surface area (Å²) in [6.45, 7) is 2.93. The first kappa shape index (κ1) is 20.7. The Morgan fingerprint density at radius 2 is 1.75 bits per heavy atom. The van der Waals surface area contributed by atoms with Gasteiger partial charge in [-0.1, -0.05) is 18.2 Å². The number of methoxy groups -OCH3 is 1. The Kier molecular flexibility index (Phi) is 6.97. The van der Waals surface area contributed by atoms with Gasteiger partial charge in [-0.2, -0.15) is 0 Å². The predicted octanol–water partition coefficient (Wildman–Crippen LogP) is 3.88. The summed E-state index contributed by atoms with van der Waals surface area (Å²) >= 11 is 0. The van der Waals surface area contributed by atoms with Crippen molar-refractivity contribution in [3.8, 4) is 11.5 Å². The number of sulfonamides is 1. The molecule has 0 atom stereocenters. The van der Waals surface area contributed by atoms with Gasteiger partial charge in [0.05, 0.1) is 13.7 Å². The molecule has 0 heterocycles. The van der Waals surface area contributed by atoms with E-state index >= 15 is 0 Å². The molecule has 0 radical (unpaired) electrons. The Bertz CT molecular complexity index is 909. The molecule has 1 aliphatic carbocycles. The molecule has 0 bridgehead atoms. The number of benzene rings is 2. The van der Waals surface area contributed by atoms with E-state index in [1.54, 1.807) is 6.07 Å². The van der Waals surface area contributed by atoms with Crippen molar-refractivity contribution >= 4 is 10.0 Å². The number of aryl methyl sites for hydroxylation is 3. The van der Waals surface area contributed by atoms with Gasteiger partial charge in [0.25, 0.3) is 0 Å².